The van der Waals surface area contributed by atoms with Crippen LogP contribution in [0.25, 0.3) is 22.4 Å². The number of pyridine rings is 1. The molecule has 2 aliphatic carbocycles. The first-order valence-corrected chi connectivity index (χ1v) is 9.54. The van der Waals surface area contributed by atoms with Gasteiger partial charge in [0.25, 0.3) is 0 Å². The summed E-state index contributed by atoms with van der Waals surface area (Å²) in [5.41, 5.74) is 1.27. The van der Waals surface area contributed by atoms with Crippen molar-refractivity contribution >= 4 is 34.4 Å². The van der Waals surface area contributed by atoms with Gasteiger partial charge < -0.3 is 15.4 Å². The fourth-order valence-electron chi connectivity index (χ4n) is 4.77. The van der Waals surface area contributed by atoms with Crippen molar-refractivity contribution < 1.29 is 14.3 Å². The molecule has 144 valence electrons. The lowest BCUT2D eigenvalue weighted by Crippen LogP contribution is -2.39. The van der Waals surface area contributed by atoms with Crippen LogP contribution in [0, 0.1) is 23.6 Å². The van der Waals surface area contributed by atoms with Gasteiger partial charge in [-0.05, 0) is 37.2 Å². The smallest absolute Gasteiger partial charge is 0.308 e. The van der Waals surface area contributed by atoms with Crippen LogP contribution in [-0.2, 0) is 4.79 Å². The zero-order chi connectivity index (χ0) is 19.4. The lowest BCUT2D eigenvalue weighted by atomic mass is 9.84. The van der Waals surface area contributed by atoms with Crippen molar-refractivity contribution in [3.8, 4) is 11.4 Å². The molecule has 3 aromatic heterocycles. The van der Waals surface area contributed by atoms with E-state index in [0.717, 1.165) is 30.8 Å². The third-order valence-corrected chi connectivity index (χ3v) is 6.19. The number of H-pyrrole nitrogens is 1. The van der Waals surface area contributed by atoms with Gasteiger partial charge >= 0.3 is 5.97 Å². The van der Waals surface area contributed by atoms with E-state index in [1.54, 1.807) is 12.3 Å². The van der Waals surface area contributed by atoms with Crippen LogP contribution in [0.1, 0.15) is 19.3 Å². The highest BCUT2D eigenvalue weighted by Crippen LogP contribution is 2.49. The highest BCUT2D eigenvalue weighted by atomic mass is 35.5. The van der Waals surface area contributed by atoms with Crippen LogP contribution in [0.4, 0.5) is 10.2 Å². The second-order valence-electron chi connectivity index (χ2n) is 7.51. The zero-order valence-corrected chi connectivity index (χ0v) is 15.4. The Morgan fingerprint density at radius 1 is 1.29 bits per heavy atom. The number of carboxylic acid groups (broad SMARTS) is 1. The van der Waals surface area contributed by atoms with Gasteiger partial charge in [0.2, 0.25) is 0 Å². The Kier molecular flexibility index (Phi) is 3.97. The molecule has 0 aromatic carbocycles. The molecule has 2 aliphatic rings. The third kappa shape index (κ3) is 2.71. The normalized spacial score (nSPS) is 26.1. The van der Waals surface area contributed by atoms with Crippen molar-refractivity contribution in [3.63, 3.8) is 0 Å². The minimum absolute atomic E-state index is 0.0261. The molecular weight excluding hydrogens is 385 g/mol. The molecule has 2 bridgehead atoms. The average Bonchev–Trinajstić information content (AvgIpc) is 3.37. The Labute approximate surface area is 164 Å². The number of anilines is 1. The van der Waals surface area contributed by atoms with E-state index in [1.807, 2.05) is 0 Å². The molecule has 2 fully saturated rings. The molecule has 4 atom stereocenters. The zero-order valence-electron chi connectivity index (χ0n) is 14.7. The summed E-state index contributed by atoms with van der Waals surface area (Å²) in [6.45, 7) is 0. The minimum Gasteiger partial charge on any atom is -0.481 e. The summed E-state index contributed by atoms with van der Waals surface area (Å²) in [6, 6.07) is 1.42. The van der Waals surface area contributed by atoms with Gasteiger partial charge in [-0.15, -0.1) is 0 Å². The van der Waals surface area contributed by atoms with Crippen molar-refractivity contribution in [3.05, 3.63) is 35.5 Å². The molecule has 3 N–H and O–H groups in total. The van der Waals surface area contributed by atoms with E-state index in [4.69, 9.17) is 11.6 Å². The molecule has 3 heterocycles. The van der Waals surface area contributed by atoms with Gasteiger partial charge in [0.15, 0.2) is 17.5 Å². The number of aliphatic carboxylic acids is 1. The van der Waals surface area contributed by atoms with E-state index in [1.165, 1.54) is 6.20 Å². The minimum atomic E-state index is -0.836. The topological polar surface area (TPSA) is 104 Å². The monoisotopic (exact) mass is 401 g/mol. The number of fused-ring (bicyclic) bond motifs is 3. The molecule has 0 saturated heterocycles. The summed E-state index contributed by atoms with van der Waals surface area (Å²) in [5.74, 6) is -1.25. The van der Waals surface area contributed by atoms with Crippen LogP contribution in [-0.4, -0.2) is 37.1 Å². The van der Waals surface area contributed by atoms with Gasteiger partial charge in [-0.1, -0.05) is 11.6 Å². The second-order valence-corrected chi connectivity index (χ2v) is 7.95. The Morgan fingerprint density at radius 2 is 2.11 bits per heavy atom. The van der Waals surface area contributed by atoms with Gasteiger partial charge in [0.1, 0.15) is 5.65 Å². The number of hydrogen-bond acceptors (Lipinski definition) is 5. The molecule has 0 radical (unpaired) electrons. The van der Waals surface area contributed by atoms with Gasteiger partial charge in [-0.25, -0.2) is 19.3 Å². The summed E-state index contributed by atoms with van der Waals surface area (Å²) in [6.07, 6.45) is 7.07. The van der Waals surface area contributed by atoms with Crippen molar-refractivity contribution in [1.82, 2.24) is 19.9 Å². The molecule has 0 spiro atoms. The maximum Gasteiger partial charge on any atom is 0.308 e. The molecule has 0 aliphatic heterocycles. The number of hydrogen-bond donors (Lipinski definition) is 3. The Bertz CT molecular complexity index is 1090. The quantitative estimate of drug-likeness (QED) is 0.615. The van der Waals surface area contributed by atoms with E-state index < -0.39 is 17.7 Å². The number of nitrogens with one attached hydrogen (secondary N) is 2. The van der Waals surface area contributed by atoms with Crippen molar-refractivity contribution in [1.29, 1.82) is 0 Å². The Hall–Kier alpha value is -2.74. The number of aromatic amines is 1. The number of aromatic nitrogens is 4. The number of carboxylic acids is 1. The predicted molar refractivity (Wildman–Crippen MR) is 101 cm³/mol. The number of rotatable bonds is 4. The molecule has 2 saturated carbocycles. The standard InChI is InChI=1S/C19H17ClFN5O2/c20-10-4-11-12(6-23-16(11)22-5-10)17-24-7-13(21)18(26-17)25-15-9-2-1-8(3-9)14(15)19(27)28/h4-9,14-15H,1-3H2,(H,22,23)(H,27,28)(H,24,25,26)/t8-,9+,14-,15-/m1/s1. The summed E-state index contributed by atoms with van der Waals surface area (Å²) >= 11 is 6.04. The molecule has 9 heteroatoms. The Morgan fingerprint density at radius 3 is 2.93 bits per heavy atom. The number of nitrogens with zero attached hydrogens (tertiary/aromatic N) is 3. The lowest BCUT2D eigenvalue weighted by Gasteiger charge is -2.29. The molecule has 3 aromatic rings. The lowest BCUT2D eigenvalue weighted by molar-refractivity contribution is -0.143. The molecule has 28 heavy (non-hydrogen) atoms. The largest absolute Gasteiger partial charge is 0.481 e. The van der Waals surface area contributed by atoms with Crippen molar-refractivity contribution in [2.45, 2.75) is 25.3 Å². The van der Waals surface area contributed by atoms with Crippen molar-refractivity contribution in [2.75, 3.05) is 5.32 Å². The number of halogens is 2. The average molecular weight is 402 g/mol. The SMILES string of the molecule is O=C(O)[C@@H]1[C@@H]2CC[C@@H](C2)[C@H]1Nc1nc(-c2c[nH]c3ncc(Cl)cc23)ncc1F. The predicted octanol–water partition coefficient (Wildman–Crippen LogP) is 3.72. The van der Waals surface area contributed by atoms with Crippen LogP contribution in [0.2, 0.25) is 5.02 Å². The maximum absolute atomic E-state index is 14.4. The highest BCUT2D eigenvalue weighted by Gasteiger charge is 2.51. The van der Waals surface area contributed by atoms with Gasteiger partial charge in [0.05, 0.1) is 17.1 Å². The highest BCUT2D eigenvalue weighted by molar-refractivity contribution is 6.31. The fraction of sp³-hybridized carbons (Fsp3) is 0.368. The summed E-state index contributed by atoms with van der Waals surface area (Å²) < 4.78 is 14.4. The second kappa shape index (κ2) is 6.41. The first kappa shape index (κ1) is 17.4. The first-order valence-electron chi connectivity index (χ1n) is 9.16. The fourth-order valence-corrected chi connectivity index (χ4v) is 4.93. The Balaban J connectivity index is 1.51. The first-order chi connectivity index (χ1) is 13.5. The summed E-state index contributed by atoms with van der Waals surface area (Å²) in [5, 5.41) is 13.9. The molecule has 0 amide bonds. The third-order valence-electron chi connectivity index (χ3n) is 5.99. The van der Waals surface area contributed by atoms with Crippen LogP contribution in [0.5, 0.6) is 0 Å². The molecule has 0 unspecified atom stereocenters. The summed E-state index contributed by atoms with van der Waals surface area (Å²) in [7, 11) is 0. The van der Waals surface area contributed by atoms with E-state index in [2.05, 4.69) is 25.3 Å². The summed E-state index contributed by atoms with van der Waals surface area (Å²) in [4.78, 5) is 27.4. The van der Waals surface area contributed by atoms with Crippen molar-refractivity contribution in [2.24, 2.45) is 17.8 Å². The molecule has 7 nitrogen and oxygen atoms in total. The van der Waals surface area contributed by atoms with Crippen LogP contribution < -0.4 is 5.32 Å². The molecular formula is C19H17ClFN5O2. The number of carbonyl (C=O) groups is 1. The van der Waals surface area contributed by atoms with Gasteiger partial charge in [-0.2, -0.15) is 0 Å². The van der Waals surface area contributed by atoms with Gasteiger partial charge in [-0.3, -0.25) is 4.79 Å². The van der Waals surface area contributed by atoms with E-state index in [9.17, 15) is 14.3 Å². The molecule has 5 rings (SSSR count). The van der Waals surface area contributed by atoms with E-state index >= 15 is 0 Å². The van der Waals surface area contributed by atoms with Crippen LogP contribution in [0.15, 0.2) is 24.7 Å². The van der Waals surface area contributed by atoms with Crippen LogP contribution in [0.3, 0.4) is 0 Å². The van der Waals surface area contributed by atoms with Gasteiger partial charge in [0, 0.05) is 29.4 Å². The van der Waals surface area contributed by atoms with Crippen LogP contribution >= 0.6 is 11.6 Å². The maximum atomic E-state index is 14.4. The van der Waals surface area contributed by atoms with E-state index in [-0.39, 0.29) is 23.7 Å². The van der Waals surface area contributed by atoms with E-state index in [0.29, 0.717) is 22.1 Å².